The Hall–Kier alpha value is -0.975. The Morgan fingerprint density at radius 3 is 2.38 bits per heavy atom. The van der Waals surface area contributed by atoms with E-state index >= 15 is 0 Å². The van der Waals surface area contributed by atoms with Crippen LogP contribution in [0.2, 0.25) is 0 Å². The first-order valence-corrected chi connectivity index (χ1v) is 7.91. The van der Waals surface area contributed by atoms with E-state index in [1.54, 1.807) is 19.5 Å². The van der Waals surface area contributed by atoms with E-state index in [0.29, 0.717) is 5.75 Å². The van der Waals surface area contributed by atoms with Crippen molar-refractivity contribution in [2.45, 2.75) is 45.8 Å². The SMILES string of the molecule is CC(=O)SCC(=Cc1ccoc1)B1OC(C)(C)C(C)(C)O1. The normalized spacial score (nSPS) is 20.8. The summed E-state index contributed by atoms with van der Waals surface area (Å²) < 4.78 is 17.2. The number of rotatable bonds is 4. The smallest absolute Gasteiger partial charge is 0.472 e. The molecule has 21 heavy (non-hydrogen) atoms. The molecule has 114 valence electrons. The van der Waals surface area contributed by atoms with Gasteiger partial charge in [0.1, 0.15) is 0 Å². The molecule has 1 aromatic heterocycles. The van der Waals surface area contributed by atoms with E-state index < -0.39 is 18.3 Å². The highest BCUT2D eigenvalue weighted by Crippen LogP contribution is 2.39. The fourth-order valence-electron chi connectivity index (χ4n) is 1.93. The summed E-state index contributed by atoms with van der Waals surface area (Å²) in [6.45, 7) is 9.62. The summed E-state index contributed by atoms with van der Waals surface area (Å²) in [7, 11) is -0.447. The van der Waals surface area contributed by atoms with Gasteiger partial charge < -0.3 is 13.7 Å². The predicted molar refractivity (Wildman–Crippen MR) is 85.9 cm³/mol. The highest BCUT2D eigenvalue weighted by atomic mass is 32.2. The van der Waals surface area contributed by atoms with Gasteiger partial charge in [-0.05, 0) is 39.2 Å². The van der Waals surface area contributed by atoms with Gasteiger partial charge in [0, 0.05) is 18.2 Å². The third-order valence-electron chi connectivity index (χ3n) is 3.89. The molecule has 1 aliphatic heterocycles. The fraction of sp³-hybridized carbons (Fsp3) is 0.533. The zero-order valence-electron chi connectivity index (χ0n) is 13.1. The first-order chi connectivity index (χ1) is 9.71. The maximum absolute atomic E-state index is 11.3. The molecule has 1 aliphatic rings. The number of thioether (sulfide) groups is 1. The van der Waals surface area contributed by atoms with E-state index in [9.17, 15) is 4.79 Å². The Balaban J connectivity index is 2.22. The van der Waals surface area contributed by atoms with Gasteiger partial charge in [0.2, 0.25) is 0 Å². The van der Waals surface area contributed by atoms with Crippen LogP contribution in [-0.2, 0) is 14.1 Å². The molecule has 4 nitrogen and oxygen atoms in total. The van der Waals surface area contributed by atoms with Crippen molar-refractivity contribution in [3.8, 4) is 0 Å². The number of carbonyl (C=O) groups is 1. The molecule has 1 fully saturated rings. The molecule has 2 rings (SSSR count). The highest BCUT2D eigenvalue weighted by Gasteiger charge is 2.52. The Morgan fingerprint density at radius 1 is 1.29 bits per heavy atom. The largest absolute Gasteiger partial charge is 0.491 e. The van der Waals surface area contributed by atoms with E-state index in [4.69, 9.17) is 13.7 Å². The molecule has 0 aliphatic carbocycles. The van der Waals surface area contributed by atoms with Gasteiger partial charge in [-0.1, -0.05) is 17.8 Å². The molecule has 1 aromatic rings. The molecule has 6 heteroatoms. The monoisotopic (exact) mass is 308 g/mol. The third-order valence-corrected chi connectivity index (χ3v) is 4.78. The van der Waals surface area contributed by atoms with Crippen LogP contribution in [0.4, 0.5) is 0 Å². The molecule has 0 atom stereocenters. The van der Waals surface area contributed by atoms with Crippen molar-refractivity contribution in [2.75, 3.05) is 5.75 Å². The summed E-state index contributed by atoms with van der Waals surface area (Å²) in [5.41, 5.74) is 1.07. The van der Waals surface area contributed by atoms with Crippen LogP contribution in [0.5, 0.6) is 0 Å². The molecule has 0 unspecified atom stereocenters. The lowest BCUT2D eigenvalue weighted by atomic mass is 9.78. The Kier molecular flexibility index (Phi) is 4.71. The minimum Gasteiger partial charge on any atom is -0.472 e. The minimum absolute atomic E-state index is 0.0737. The number of hydrogen-bond acceptors (Lipinski definition) is 5. The second-order valence-electron chi connectivity index (χ2n) is 6.14. The summed E-state index contributed by atoms with van der Waals surface area (Å²) in [6.07, 6.45) is 5.23. The molecular weight excluding hydrogens is 287 g/mol. The third kappa shape index (κ3) is 3.81. The van der Waals surface area contributed by atoms with Gasteiger partial charge in [0.25, 0.3) is 0 Å². The van der Waals surface area contributed by atoms with Crippen LogP contribution < -0.4 is 0 Å². The first-order valence-electron chi connectivity index (χ1n) is 6.93. The fourth-order valence-corrected chi connectivity index (χ4v) is 2.52. The van der Waals surface area contributed by atoms with E-state index in [0.717, 1.165) is 11.0 Å². The van der Waals surface area contributed by atoms with Crippen LogP contribution >= 0.6 is 11.8 Å². The Labute approximate surface area is 130 Å². The van der Waals surface area contributed by atoms with Crippen molar-refractivity contribution in [1.29, 1.82) is 0 Å². The summed E-state index contributed by atoms with van der Waals surface area (Å²) in [4.78, 5) is 11.3. The maximum atomic E-state index is 11.3. The zero-order chi connectivity index (χ0) is 15.7. The average molecular weight is 308 g/mol. The summed E-state index contributed by atoms with van der Waals surface area (Å²) in [5, 5.41) is 0.0737. The molecular formula is C15H21BO4S. The van der Waals surface area contributed by atoms with Crippen molar-refractivity contribution in [3.05, 3.63) is 29.6 Å². The number of furan rings is 1. The molecule has 2 heterocycles. The lowest BCUT2D eigenvalue weighted by molar-refractivity contribution is -0.109. The van der Waals surface area contributed by atoms with E-state index in [2.05, 4.69) is 0 Å². The predicted octanol–water partition coefficient (Wildman–Crippen LogP) is 3.57. The van der Waals surface area contributed by atoms with Crippen LogP contribution in [0.25, 0.3) is 6.08 Å². The number of carbonyl (C=O) groups excluding carboxylic acids is 1. The Morgan fingerprint density at radius 2 is 1.90 bits per heavy atom. The summed E-state index contributed by atoms with van der Waals surface area (Å²) in [6, 6.07) is 1.86. The lowest BCUT2D eigenvalue weighted by Crippen LogP contribution is -2.41. The van der Waals surface area contributed by atoms with Gasteiger partial charge in [-0.15, -0.1) is 0 Å². The van der Waals surface area contributed by atoms with Gasteiger partial charge in [0.05, 0.1) is 23.7 Å². The molecule has 0 saturated carbocycles. The van der Waals surface area contributed by atoms with Gasteiger partial charge in [-0.25, -0.2) is 0 Å². The molecule has 0 aromatic carbocycles. The van der Waals surface area contributed by atoms with E-state index in [-0.39, 0.29) is 5.12 Å². The second kappa shape index (κ2) is 6.03. The zero-order valence-corrected chi connectivity index (χ0v) is 14.0. The molecule has 0 N–H and O–H groups in total. The van der Waals surface area contributed by atoms with Crippen LogP contribution in [0, 0.1) is 0 Å². The molecule has 1 saturated heterocycles. The second-order valence-corrected chi connectivity index (χ2v) is 7.30. The van der Waals surface area contributed by atoms with Crippen molar-refractivity contribution in [1.82, 2.24) is 0 Å². The first kappa shape index (κ1) is 16.4. The standard InChI is InChI=1S/C15H21BO4S/c1-11(17)21-10-13(8-12-6-7-18-9-12)16-19-14(2,3)15(4,5)20-16/h6-9H,10H2,1-5H3. The minimum atomic E-state index is -0.447. The van der Waals surface area contributed by atoms with Crippen molar-refractivity contribution < 1.29 is 18.5 Å². The maximum Gasteiger partial charge on any atom is 0.491 e. The molecule has 0 radical (unpaired) electrons. The van der Waals surface area contributed by atoms with Gasteiger partial charge in [-0.2, -0.15) is 0 Å². The highest BCUT2D eigenvalue weighted by molar-refractivity contribution is 8.13. The van der Waals surface area contributed by atoms with Crippen LogP contribution in [0.15, 0.2) is 28.5 Å². The summed E-state index contributed by atoms with van der Waals surface area (Å²) >= 11 is 1.25. The van der Waals surface area contributed by atoms with Crippen LogP contribution in [0.3, 0.4) is 0 Å². The van der Waals surface area contributed by atoms with Gasteiger partial charge in [-0.3, -0.25) is 4.79 Å². The Bertz CT molecular complexity index is 518. The molecule has 0 spiro atoms. The molecule has 0 bridgehead atoms. The van der Waals surface area contributed by atoms with Crippen molar-refractivity contribution in [3.63, 3.8) is 0 Å². The van der Waals surface area contributed by atoms with Gasteiger partial charge >= 0.3 is 7.12 Å². The quantitative estimate of drug-likeness (QED) is 0.796. The lowest BCUT2D eigenvalue weighted by Gasteiger charge is -2.32. The van der Waals surface area contributed by atoms with Gasteiger partial charge in [0.15, 0.2) is 5.12 Å². The molecule has 0 amide bonds. The van der Waals surface area contributed by atoms with E-state index in [1.165, 1.54) is 11.8 Å². The summed E-state index contributed by atoms with van der Waals surface area (Å²) in [5.74, 6) is 0.539. The van der Waals surface area contributed by atoms with Crippen LogP contribution in [-0.4, -0.2) is 29.2 Å². The van der Waals surface area contributed by atoms with Crippen molar-refractivity contribution >= 4 is 30.1 Å². The average Bonchev–Trinajstić information content (AvgIpc) is 2.91. The van der Waals surface area contributed by atoms with Crippen molar-refractivity contribution in [2.24, 2.45) is 0 Å². The number of hydrogen-bond donors (Lipinski definition) is 0. The van der Waals surface area contributed by atoms with Crippen LogP contribution in [0.1, 0.15) is 40.2 Å². The topological polar surface area (TPSA) is 48.7 Å². The van der Waals surface area contributed by atoms with E-state index in [1.807, 2.05) is 39.8 Å².